The zero-order valence-electron chi connectivity index (χ0n) is 10.4. The lowest BCUT2D eigenvalue weighted by Gasteiger charge is -2.10. The topological polar surface area (TPSA) is 112 Å². The van der Waals surface area contributed by atoms with Crippen molar-refractivity contribution in [1.29, 1.82) is 0 Å². The molecule has 19 heavy (non-hydrogen) atoms. The zero-order chi connectivity index (χ0) is 13.7. The lowest BCUT2D eigenvalue weighted by atomic mass is 10.1. The first-order valence-electron chi connectivity index (χ1n) is 5.94. The van der Waals surface area contributed by atoms with Crippen molar-refractivity contribution in [2.45, 2.75) is 13.0 Å². The number of anilines is 2. The van der Waals surface area contributed by atoms with Crippen molar-refractivity contribution in [3.63, 3.8) is 0 Å². The van der Waals surface area contributed by atoms with Crippen LogP contribution >= 0.6 is 0 Å². The van der Waals surface area contributed by atoms with Gasteiger partial charge in [-0.1, -0.05) is 5.21 Å². The van der Waals surface area contributed by atoms with Gasteiger partial charge in [0.15, 0.2) is 0 Å². The molecular formula is C12H16N6O. The van der Waals surface area contributed by atoms with Crippen LogP contribution in [-0.4, -0.2) is 27.4 Å². The molecule has 2 rings (SSSR count). The van der Waals surface area contributed by atoms with Gasteiger partial charge in [-0.15, -0.1) is 5.10 Å². The maximum absolute atomic E-state index is 11.3. The first-order valence-corrected chi connectivity index (χ1v) is 5.94. The molecule has 1 aromatic carbocycles. The molecule has 0 atom stereocenters. The Hall–Kier alpha value is -2.57. The summed E-state index contributed by atoms with van der Waals surface area (Å²) in [6.07, 6.45) is 4.29. The molecule has 0 fully saturated rings. The molecular weight excluding hydrogens is 244 g/mol. The average Bonchev–Trinajstić information content (AvgIpc) is 2.89. The normalized spacial score (nSPS) is 10.3. The highest BCUT2D eigenvalue weighted by Crippen LogP contribution is 2.18. The van der Waals surface area contributed by atoms with E-state index < -0.39 is 5.91 Å². The second-order valence-corrected chi connectivity index (χ2v) is 4.12. The zero-order valence-corrected chi connectivity index (χ0v) is 10.4. The van der Waals surface area contributed by atoms with Crippen molar-refractivity contribution < 1.29 is 4.79 Å². The molecule has 7 heteroatoms. The van der Waals surface area contributed by atoms with Gasteiger partial charge in [-0.05, 0) is 24.6 Å². The molecule has 1 amide bonds. The molecule has 0 saturated heterocycles. The van der Waals surface area contributed by atoms with Crippen molar-refractivity contribution in [3.8, 4) is 0 Å². The molecule has 0 radical (unpaired) electrons. The minimum absolute atomic E-state index is 0.403. The summed E-state index contributed by atoms with van der Waals surface area (Å²) in [4.78, 5) is 11.3. The number of nitrogen functional groups attached to an aromatic ring is 1. The molecule has 0 aliphatic carbocycles. The quantitative estimate of drug-likeness (QED) is 0.516. The van der Waals surface area contributed by atoms with Gasteiger partial charge >= 0.3 is 0 Å². The van der Waals surface area contributed by atoms with E-state index in [0.717, 1.165) is 13.0 Å². The van der Waals surface area contributed by atoms with Gasteiger partial charge in [0.1, 0.15) is 0 Å². The molecule has 1 aromatic heterocycles. The van der Waals surface area contributed by atoms with Crippen LogP contribution in [0.1, 0.15) is 16.8 Å². The van der Waals surface area contributed by atoms with Gasteiger partial charge in [0, 0.05) is 30.7 Å². The summed E-state index contributed by atoms with van der Waals surface area (Å²) < 4.78 is 1.75. The number of rotatable bonds is 6. The van der Waals surface area contributed by atoms with E-state index in [-0.39, 0.29) is 0 Å². The summed E-state index contributed by atoms with van der Waals surface area (Å²) in [5, 5.41) is 10.8. The highest BCUT2D eigenvalue weighted by atomic mass is 16.1. The number of nitrogens with one attached hydrogen (secondary N) is 1. The first kappa shape index (κ1) is 12.9. The fraction of sp³-hybridized carbons (Fsp3) is 0.250. The van der Waals surface area contributed by atoms with Gasteiger partial charge in [-0.25, -0.2) is 0 Å². The second kappa shape index (κ2) is 5.85. The number of carbonyl (C=O) groups is 1. The van der Waals surface area contributed by atoms with Crippen molar-refractivity contribution in [2.24, 2.45) is 5.73 Å². The van der Waals surface area contributed by atoms with Crippen LogP contribution in [0.2, 0.25) is 0 Å². The predicted octanol–water partition coefficient (Wildman–Crippen LogP) is 0.461. The smallest absolute Gasteiger partial charge is 0.250 e. The molecule has 0 unspecified atom stereocenters. The van der Waals surface area contributed by atoms with E-state index in [1.165, 1.54) is 0 Å². The van der Waals surface area contributed by atoms with E-state index in [1.807, 2.05) is 0 Å². The van der Waals surface area contributed by atoms with E-state index in [9.17, 15) is 4.79 Å². The number of nitrogens with zero attached hydrogens (tertiary/aromatic N) is 3. The molecule has 100 valence electrons. The highest BCUT2D eigenvalue weighted by Gasteiger charge is 2.07. The van der Waals surface area contributed by atoms with E-state index >= 15 is 0 Å². The van der Waals surface area contributed by atoms with E-state index in [0.29, 0.717) is 23.5 Å². The number of benzene rings is 1. The molecule has 0 saturated carbocycles. The van der Waals surface area contributed by atoms with Gasteiger partial charge in [0.25, 0.3) is 5.91 Å². The van der Waals surface area contributed by atoms with Crippen molar-refractivity contribution in [2.75, 3.05) is 17.6 Å². The summed E-state index contributed by atoms with van der Waals surface area (Å²) in [6, 6.07) is 5.05. The van der Waals surface area contributed by atoms with Crippen molar-refractivity contribution in [1.82, 2.24) is 15.0 Å². The number of hydrogen-bond donors (Lipinski definition) is 3. The Morgan fingerprint density at radius 1 is 1.42 bits per heavy atom. The predicted molar refractivity (Wildman–Crippen MR) is 72.5 cm³/mol. The van der Waals surface area contributed by atoms with Crippen LogP contribution < -0.4 is 16.8 Å². The largest absolute Gasteiger partial charge is 0.399 e. The van der Waals surface area contributed by atoms with Gasteiger partial charge in [0.05, 0.1) is 11.8 Å². The van der Waals surface area contributed by atoms with E-state index in [1.54, 1.807) is 35.3 Å². The molecule has 0 bridgehead atoms. The average molecular weight is 260 g/mol. The molecule has 0 spiro atoms. The molecule has 1 heterocycles. The molecule has 5 N–H and O–H groups in total. The van der Waals surface area contributed by atoms with Crippen LogP contribution in [0.3, 0.4) is 0 Å². The second-order valence-electron chi connectivity index (χ2n) is 4.12. The first-order chi connectivity index (χ1) is 9.16. The minimum Gasteiger partial charge on any atom is -0.399 e. The van der Waals surface area contributed by atoms with Gasteiger partial charge in [-0.2, -0.15) is 0 Å². The minimum atomic E-state index is -0.494. The third kappa shape index (κ3) is 3.44. The number of hydrogen-bond acceptors (Lipinski definition) is 5. The maximum Gasteiger partial charge on any atom is 0.250 e. The maximum atomic E-state index is 11.3. The summed E-state index contributed by atoms with van der Waals surface area (Å²) in [6.45, 7) is 1.46. The monoisotopic (exact) mass is 260 g/mol. The summed E-state index contributed by atoms with van der Waals surface area (Å²) >= 11 is 0. The number of aryl methyl sites for hydroxylation is 1. The van der Waals surface area contributed by atoms with Crippen LogP contribution in [0.4, 0.5) is 11.4 Å². The van der Waals surface area contributed by atoms with E-state index in [2.05, 4.69) is 15.6 Å². The van der Waals surface area contributed by atoms with Gasteiger partial charge < -0.3 is 16.8 Å². The summed E-state index contributed by atoms with van der Waals surface area (Å²) in [5.74, 6) is -0.494. The molecule has 0 aliphatic heterocycles. The molecule has 0 aliphatic rings. The van der Waals surface area contributed by atoms with Crippen molar-refractivity contribution >= 4 is 17.3 Å². The van der Waals surface area contributed by atoms with Gasteiger partial charge in [-0.3, -0.25) is 9.48 Å². The number of primary amides is 1. The Balaban J connectivity index is 1.90. The highest BCUT2D eigenvalue weighted by molar-refractivity contribution is 5.99. The third-order valence-electron chi connectivity index (χ3n) is 2.66. The van der Waals surface area contributed by atoms with Crippen LogP contribution in [0, 0.1) is 0 Å². The Bertz CT molecular complexity index is 551. The Kier molecular flexibility index (Phi) is 3.97. The number of carbonyl (C=O) groups excluding carboxylic acids is 1. The van der Waals surface area contributed by atoms with E-state index in [4.69, 9.17) is 11.5 Å². The number of aromatic nitrogens is 3. The SMILES string of the molecule is NC(=O)c1cc(N)ccc1NCCCn1ccnn1. The summed E-state index contributed by atoms with van der Waals surface area (Å²) in [5.41, 5.74) is 12.6. The fourth-order valence-corrected chi connectivity index (χ4v) is 1.74. The Labute approximate surface area is 110 Å². The standard InChI is InChI=1S/C12H16N6O/c13-9-2-3-11(10(8-9)12(14)19)15-4-1-6-18-7-5-16-17-18/h2-3,5,7-8,15H,1,4,6,13H2,(H2,14,19). The van der Waals surface area contributed by atoms with Crippen LogP contribution in [0.25, 0.3) is 0 Å². The molecule has 7 nitrogen and oxygen atoms in total. The lowest BCUT2D eigenvalue weighted by molar-refractivity contribution is 0.100. The third-order valence-corrected chi connectivity index (χ3v) is 2.66. The van der Waals surface area contributed by atoms with Crippen LogP contribution in [0.15, 0.2) is 30.6 Å². The number of amides is 1. The number of nitrogens with two attached hydrogens (primary N) is 2. The fourth-order valence-electron chi connectivity index (χ4n) is 1.74. The molecule has 2 aromatic rings. The van der Waals surface area contributed by atoms with Gasteiger partial charge in [0.2, 0.25) is 0 Å². The van der Waals surface area contributed by atoms with Crippen molar-refractivity contribution in [3.05, 3.63) is 36.2 Å². The van der Waals surface area contributed by atoms with Crippen LogP contribution in [-0.2, 0) is 6.54 Å². The Morgan fingerprint density at radius 3 is 2.95 bits per heavy atom. The summed E-state index contributed by atoms with van der Waals surface area (Å²) in [7, 11) is 0. The lowest BCUT2D eigenvalue weighted by Crippen LogP contribution is -2.16. The van der Waals surface area contributed by atoms with Crippen LogP contribution in [0.5, 0.6) is 0 Å². The Morgan fingerprint density at radius 2 is 2.26 bits per heavy atom.